The number of hydrogen-bond donors (Lipinski definition) is 0. The van der Waals surface area contributed by atoms with Gasteiger partial charge in [-0.25, -0.2) is 0 Å². The Bertz CT molecular complexity index is 354. The summed E-state index contributed by atoms with van der Waals surface area (Å²) in [6.07, 6.45) is 9.62. The number of benzene rings is 1. The molecule has 1 aliphatic carbocycles. The van der Waals surface area contributed by atoms with Crippen molar-refractivity contribution in [1.82, 2.24) is 0 Å². The van der Waals surface area contributed by atoms with Gasteiger partial charge in [-0.1, -0.05) is 57.9 Å². The molecule has 1 aliphatic rings. The third kappa shape index (κ3) is 3.84. The minimum Gasteiger partial charge on any atom is -0.0654 e. The van der Waals surface area contributed by atoms with E-state index in [2.05, 4.69) is 45.0 Å². The van der Waals surface area contributed by atoms with E-state index in [0.717, 1.165) is 24.2 Å². The first-order valence-corrected chi connectivity index (χ1v) is 8.33. The van der Waals surface area contributed by atoms with Crippen LogP contribution in [0.5, 0.6) is 0 Å². The minimum atomic E-state index is 0.830. The first-order chi connectivity index (χ1) is 9.24. The highest BCUT2D eigenvalue weighted by atomic mass is 14.3. The molecule has 19 heavy (non-hydrogen) atoms. The quantitative estimate of drug-likeness (QED) is 0.611. The summed E-state index contributed by atoms with van der Waals surface area (Å²) in [7, 11) is 0. The summed E-state index contributed by atoms with van der Waals surface area (Å²) < 4.78 is 0. The van der Waals surface area contributed by atoms with Gasteiger partial charge in [0.25, 0.3) is 0 Å². The lowest BCUT2D eigenvalue weighted by atomic mass is 9.73. The van der Waals surface area contributed by atoms with Gasteiger partial charge in [-0.3, -0.25) is 0 Å². The number of aryl methyl sites for hydroxylation is 1. The molecule has 1 unspecified atom stereocenters. The number of hydrogen-bond acceptors (Lipinski definition) is 0. The van der Waals surface area contributed by atoms with Crippen molar-refractivity contribution in [1.29, 1.82) is 0 Å². The van der Waals surface area contributed by atoms with Crippen LogP contribution in [0.3, 0.4) is 0 Å². The molecule has 0 spiro atoms. The predicted molar refractivity (Wildman–Crippen MR) is 84.6 cm³/mol. The molecule has 0 heterocycles. The van der Waals surface area contributed by atoms with E-state index < -0.39 is 0 Å². The van der Waals surface area contributed by atoms with Crippen LogP contribution in [0.4, 0.5) is 0 Å². The molecule has 1 aromatic carbocycles. The Morgan fingerprint density at radius 1 is 1.00 bits per heavy atom. The summed E-state index contributed by atoms with van der Waals surface area (Å²) in [5.41, 5.74) is 3.05. The normalized spacial score (nSPS) is 25.2. The lowest BCUT2D eigenvalue weighted by Gasteiger charge is -2.32. The van der Waals surface area contributed by atoms with Gasteiger partial charge >= 0.3 is 0 Å². The monoisotopic (exact) mass is 258 g/mol. The Balaban J connectivity index is 1.88. The van der Waals surface area contributed by atoms with Crippen LogP contribution in [-0.4, -0.2) is 0 Å². The molecule has 0 nitrogen and oxygen atoms in total. The van der Waals surface area contributed by atoms with E-state index in [0.29, 0.717) is 0 Å². The third-order valence-electron chi connectivity index (χ3n) is 5.18. The topological polar surface area (TPSA) is 0 Å². The molecule has 0 saturated heterocycles. The Morgan fingerprint density at radius 3 is 2.16 bits per heavy atom. The zero-order valence-electron chi connectivity index (χ0n) is 13.0. The maximum Gasteiger partial charge on any atom is -0.0162 e. The van der Waals surface area contributed by atoms with Gasteiger partial charge in [0.15, 0.2) is 0 Å². The van der Waals surface area contributed by atoms with E-state index in [1.54, 1.807) is 5.56 Å². The molecular weight excluding hydrogens is 228 g/mol. The molecule has 0 N–H and O–H groups in total. The number of rotatable bonds is 5. The average Bonchev–Trinajstić information content (AvgIpc) is 2.48. The summed E-state index contributed by atoms with van der Waals surface area (Å²) in [4.78, 5) is 0. The highest BCUT2D eigenvalue weighted by molar-refractivity contribution is 5.25. The van der Waals surface area contributed by atoms with Crippen LogP contribution in [-0.2, 0) is 6.42 Å². The molecule has 1 fully saturated rings. The van der Waals surface area contributed by atoms with Gasteiger partial charge in [0.05, 0.1) is 0 Å². The van der Waals surface area contributed by atoms with Crippen LogP contribution in [0.25, 0.3) is 0 Å². The van der Waals surface area contributed by atoms with E-state index in [9.17, 15) is 0 Å². The van der Waals surface area contributed by atoms with Crippen LogP contribution in [0, 0.1) is 11.8 Å². The van der Waals surface area contributed by atoms with Crippen LogP contribution in [0.15, 0.2) is 24.3 Å². The second-order valence-corrected chi connectivity index (χ2v) is 6.47. The summed E-state index contributed by atoms with van der Waals surface area (Å²) in [5.74, 6) is 2.76. The molecule has 0 aliphatic heterocycles. The second kappa shape index (κ2) is 7.12. The van der Waals surface area contributed by atoms with Crippen molar-refractivity contribution in [2.75, 3.05) is 0 Å². The van der Waals surface area contributed by atoms with Crippen molar-refractivity contribution >= 4 is 0 Å². The van der Waals surface area contributed by atoms with Crippen molar-refractivity contribution < 1.29 is 0 Å². The van der Waals surface area contributed by atoms with Gasteiger partial charge in [0.2, 0.25) is 0 Å². The van der Waals surface area contributed by atoms with Crippen molar-refractivity contribution in [3.05, 3.63) is 35.4 Å². The van der Waals surface area contributed by atoms with Crippen LogP contribution < -0.4 is 0 Å². The fourth-order valence-corrected chi connectivity index (χ4v) is 3.74. The maximum absolute atomic E-state index is 2.46. The van der Waals surface area contributed by atoms with Crippen LogP contribution in [0.2, 0.25) is 0 Å². The fraction of sp³-hybridized carbons (Fsp3) is 0.684. The fourth-order valence-electron chi connectivity index (χ4n) is 3.74. The van der Waals surface area contributed by atoms with E-state index in [1.165, 1.54) is 44.1 Å². The maximum atomic E-state index is 2.46. The van der Waals surface area contributed by atoms with E-state index in [-0.39, 0.29) is 0 Å². The lowest BCUT2D eigenvalue weighted by Crippen LogP contribution is -2.19. The zero-order valence-corrected chi connectivity index (χ0v) is 13.0. The van der Waals surface area contributed by atoms with Gasteiger partial charge in [0.1, 0.15) is 0 Å². The second-order valence-electron chi connectivity index (χ2n) is 6.47. The van der Waals surface area contributed by atoms with Crippen LogP contribution in [0.1, 0.15) is 76.3 Å². The van der Waals surface area contributed by atoms with Crippen molar-refractivity contribution in [2.45, 2.75) is 71.6 Å². The first kappa shape index (κ1) is 14.6. The largest absolute Gasteiger partial charge is 0.0654 e. The highest BCUT2D eigenvalue weighted by Crippen LogP contribution is 2.39. The molecule has 0 amide bonds. The molecule has 1 atom stereocenters. The smallest absolute Gasteiger partial charge is 0.0162 e. The summed E-state index contributed by atoms with van der Waals surface area (Å²) in [6, 6.07) is 9.39. The standard InChI is InChI=1S/C19H30/c1-4-6-15(3)17-11-13-19(14-12-17)18-9-7-16(5-2)8-10-18/h7-10,15,17,19H,4-6,11-14H2,1-3H3. The molecular formula is C19H30. The van der Waals surface area contributed by atoms with Gasteiger partial charge in [-0.15, -0.1) is 0 Å². The highest BCUT2D eigenvalue weighted by Gasteiger charge is 2.25. The zero-order chi connectivity index (χ0) is 13.7. The van der Waals surface area contributed by atoms with Gasteiger partial charge in [-0.2, -0.15) is 0 Å². The van der Waals surface area contributed by atoms with Crippen molar-refractivity contribution in [2.24, 2.45) is 11.8 Å². The Hall–Kier alpha value is -0.780. The molecule has 0 heteroatoms. The van der Waals surface area contributed by atoms with Crippen LogP contribution >= 0.6 is 0 Å². The molecule has 2 rings (SSSR count). The summed E-state index contributed by atoms with van der Waals surface area (Å²) >= 11 is 0. The lowest BCUT2D eigenvalue weighted by molar-refractivity contribution is 0.235. The molecule has 1 saturated carbocycles. The average molecular weight is 258 g/mol. The third-order valence-corrected chi connectivity index (χ3v) is 5.18. The molecule has 106 valence electrons. The molecule has 0 aromatic heterocycles. The van der Waals surface area contributed by atoms with Gasteiger partial charge < -0.3 is 0 Å². The van der Waals surface area contributed by atoms with Crippen molar-refractivity contribution in [3.63, 3.8) is 0 Å². The molecule has 0 bridgehead atoms. The summed E-state index contributed by atoms with van der Waals surface area (Å²) in [5, 5.41) is 0. The SMILES string of the molecule is CCCC(C)C1CCC(c2ccc(CC)cc2)CC1. The first-order valence-electron chi connectivity index (χ1n) is 8.33. The predicted octanol–water partition coefficient (Wildman–Crippen LogP) is 5.96. The van der Waals surface area contributed by atoms with Gasteiger partial charge in [0, 0.05) is 0 Å². The molecule has 1 aromatic rings. The molecule has 0 radical (unpaired) electrons. The van der Waals surface area contributed by atoms with Gasteiger partial charge in [-0.05, 0) is 61.0 Å². The summed E-state index contributed by atoms with van der Waals surface area (Å²) in [6.45, 7) is 7.01. The van der Waals surface area contributed by atoms with E-state index in [4.69, 9.17) is 0 Å². The van der Waals surface area contributed by atoms with E-state index >= 15 is 0 Å². The Morgan fingerprint density at radius 2 is 1.63 bits per heavy atom. The van der Waals surface area contributed by atoms with Crippen molar-refractivity contribution in [3.8, 4) is 0 Å². The Kier molecular flexibility index (Phi) is 5.48. The Labute approximate surface area is 119 Å². The minimum absolute atomic E-state index is 0.830. The van der Waals surface area contributed by atoms with E-state index in [1.807, 2.05) is 0 Å².